The number of unbranched alkanes of at least 4 members (excludes halogenated alkanes) is 3. The number of H-pyrrole nitrogens is 1. The predicted octanol–water partition coefficient (Wildman–Crippen LogP) is 3.06. The maximum absolute atomic E-state index is 11.1. The lowest BCUT2D eigenvalue weighted by Crippen LogP contribution is -1.92. The molecule has 0 amide bonds. The van der Waals surface area contributed by atoms with E-state index in [0.717, 1.165) is 36.8 Å². The van der Waals surface area contributed by atoms with E-state index in [4.69, 9.17) is 4.42 Å². The van der Waals surface area contributed by atoms with Gasteiger partial charge in [-0.2, -0.15) is 0 Å². The van der Waals surface area contributed by atoms with E-state index in [1.54, 1.807) is 0 Å². The largest absolute Gasteiger partial charge is 0.417 e. The van der Waals surface area contributed by atoms with Crippen molar-refractivity contribution in [3.63, 3.8) is 0 Å². The van der Waals surface area contributed by atoms with Crippen molar-refractivity contribution in [2.45, 2.75) is 32.1 Å². The van der Waals surface area contributed by atoms with E-state index < -0.39 is 0 Å². The van der Waals surface area contributed by atoms with E-state index >= 15 is 0 Å². The van der Waals surface area contributed by atoms with Gasteiger partial charge < -0.3 is 4.42 Å². The summed E-state index contributed by atoms with van der Waals surface area (Å²) in [5, 5.41) is 0. The Morgan fingerprint density at radius 1 is 1.25 bits per heavy atom. The normalized spacial score (nSPS) is 11.1. The Morgan fingerprint density at radius 3 is 2.94 bits per heavy atom. The Balaban J connectivity index is 2.14. The van der Waals surface area contributed by atoms with Gasteiger partial charge in [0.05, 0.1) is 5.52 Å². The zero-order valence-corrected chi connectivity index (χ0v) is 9.29. The molecule has 1 aromatic heterocycles. The molecule has 1 aromatic carbocycles. The van der Waals surface area contributed by atoms with Gasteiger partial charge in [0, 0.05) is 0 Å². The molecule has 0 aliphatic heterocycles. The van der Waals surface area contributed by atoms with Gasteiger partial charge in [-0.3, -0.25) is 4.98 Å². The summed E-state index contributed by atoms with van der Waals surface area (Å²) in [6, 6.07) is 5.83. The van der Waals surface area contributed by atoms with Crippen LogP contribution >= 0.6 is 0 Å². The van der Waals surface area contributed by atoms with E-state index in [-0.39, 0.29) is 5.76 Å². The molecule has 0 fully saturated rings. The fourth-order valence-corrected chi connectivity index (χ4v) is 1.90. The molecule has 0 atom stereocenters. The number of oxazole rings is 1. The Labute approximate surface area is 94.5 Å². The third-order valence-electron chi connectivity index (χ3n) is 2.72. The number of fused-ring (bicyclic) bond motifs is 1. The average molecular weight is 218 g/mol. The van der Waals surface area contributed by atoms with Crippen LogP contribution in [0.4, 0.5) is 0 Å². The lowest BCUT2D eigenvalue weighted by atomic mass is 10.1. The van der Waals surface area contributed by atoms with Crippen LogP contribution in [0, 0.1) is 6.92 Å². The molecule has 1 N–H and O–H groups in total. The van der Waals surface area contributed by atoms with Crippen LogP contribution in [0.25, 0.3) is 11.1 Å². The van der Waals surface area contributed by atoms with Crippen LogP contribution < -0.4 is 5.76 Å². The highest BCUT2D eigenvalue weighted by atomic mass is 16.4. The van der Waals surface area contributed by atoms with Crippen molar-refractivity contribution in [2.75, 3.05) is 0 Å². The molecule has 85 valence electrons. The minimum absolute atomic E-state index is 0.375. The summed E-state index contributed by atoms with van der Waals surface area (Å²) < 4.78 is 5.13. The molecular weight excluding hydrogens is 202 g/mol. The fraction of sp³-hybridized carbons (Fsp3) is 0.385. The first-order valence-corrected chi connectivity index (χ1v) is 5.71. The van der Waals surface area contributed by atoms with Gasteiger partial charge >= 0.3 is 5.76 Å². The highest BCUT2D eigenvalue weighted by Crippen LogP contribution is 2.18. The highest BCUT2D eigenvalue weighted by Gasteiger charge is 2.05. The highest BCUT2D eigenvalue weighted by molar-refractivity contribution is 5.75. The number of aromatic nitrogens is 1. The molecule has 3 heteroatoms. The van der Waals surface area contributed by atoms with Crippen molar-refractivity contribution in [3.05, 3.63) is 41.2 Å². The zero-order valence-electron chi connectivity index (χ0n) is 9.29. The minimum atomic E-state index is -0.375. The number of nitrogens with one attached hydrogen (secondary N) is 1. The van der Waals surface area contributed by atoms with Crippen LogP contribution in [-0.4, -0.2) is 4.98 Å². The molecule has 0 spiro atoms. The molecule has 1 radical (unpaired) electrons. The van der Waals surface area contributed by atoms with Crippen molar-refractivity contribution in [1.82, 2.24) is 4.98 Å². The van der Waals surface area contributed by atoms with Crippen LogP contribution in [-0.2, 0) is 6.42 Å². The second kappa shape index (κ2) is 5.01. The van der Waals surface area contributed by atoms with Gasteiger partial charge in [0.1, 0.15) is 0 Å². The number of aromatic amines is 1. The topological polar surface area (TPSA) is 46.0 Å². The molecule has 0 aliphatic rings. The number of hydrogen-bond donors (Lipinski definition) is 1. The third-order valence-corrected chi connectivity index (χ3v) is 2.72. The molecule has 16 heavy (non-hydrogen) atoms. The Kier molecular flexibility index (Phi) is 3.44. The summed E-state index contributed by atoms with van der Waals surface area (Å²) in [6.07, 6.45) is 5.40. The standard InChI is InChI=1S/C13H16NO2/c1-2-3-4-5-7-10-8-6-9-11-12(10)16-13(15)14-11/h6,8-9H,1-5,7H2,(H,14,15). The monoisotopic (exact) mass is 218 g/mol. The van der Waals surface area contributed by atoms with Crippen molar-refractivity contribution in [3.8, 4) is 0 Å². The molecule has 2 aromatic rings. The second-order valence-electron chi connectivity index (χ2n) is 3.97. The molecule has 0 aliphatic carbocycles. The molecule has 2 rings (SSSR count). The first-order chi connectivity index (χ1) is 7.81. The third kappa shape index (κ3) is 2.35. The van der Waals surface area contributed by atoms with E-state index in [1.807, 2.05) is 18.2 Å². The predicted molar refractivity (Wildman–Crippen MR) is 64.4 cm³/mol. The maximum atomic E-state index is 11.1. The Morgan fingerprint density at radius 2 is 2.12 bits per heavy atom. The van der Waals surface area contributed by atoms with Gasteiger partial charge in [0.25, 0.3) is 0 Å². The molecule has 0 bridgehead atoms. The van der Waals surface area contributed by atoms with Crippen LogP contribution in [0.3, 0.4) is 0 Å². The van der Waals surface area contributed by atoms with Crippen LogP contribution in [0.1, 0.15) is 31.2 Å². The van der Waals surface area contributed by atoms with Gasteiger partial charge in [-0.05, 0) is 24.5 Å². The molecule has 3 nitrogen and oxygen atoms in total. The van der Waals surface area contributed by atoms with Crippen LogP contribution in [0.2, 0.25) is 0 Å². The van der Waals surface area contributed by atoms with Gasteiger partial charge in [-0.1, -0.05) is 38.3 Å². The molecule has 0 saturated heterocycles. The van der Waals surface area contributed by atoms with E-state index in [2.05, 4.69) is 11.9 Å². The summed E-state index contributed by atoms with van der Waals surface area (Å²) in [5.41, 5.74) is 2.61. The van der Waals surface area contributed by atoms with Gasteiger partial charge in [0.15, 0.2) is 5.58 Å². The zero-order chi connectivity index (χ0) is 11.4. The Bertz CT molecular complexity index is 510. The SMILES string of the molecule is [CH2]CCCCCc1cccc2[nH]c(=O)oc12. The average Bonchev–Trinajstić information content (AvgIpc) is 2.65. The number of rotatable bonds is 5. The van der Waals surface area contributed by atoms with Crippen molar-refractivity contribution in [2.24, 2.45) is 0 Å². The smallest absolute Gasteiger partial charge is 0.408 e. The van der Waals surface area contributed by atoms with Crippen molar-refractivity contribution >= 4 is 11.1 Å². The summed E-state index contributed by atoms with van der Waals surface area (Å²) in [7, 11) is 0. The summed E-state index contributed by atoms with van der Waals surface area (Å²) in [4.78, 5) is 13.8. The lowest BCUT2D eigenvalue weighted by molar-refractivity contribution is 0.550. The first-order valence-electron chi connectivity index (χ1n) is 5.71. The molecular formula is C13H16NO2. The molecule has 0 unspecified atom stereocenters. The molecule has 0 saturated carbocycles. The van der Waals surface area contributed by atoms with E-state index in [1.165, 1.54) is 6.42 Å². The van der Waals surface area contributed by atoms with Gasteiger partial charge in [-0.25, -0.2) is 4.79 Å². The van der Waals surface area contributed by atoms with E-state index in [0.29, 0.717) is 5.58 Å². The number of aryl methyl sites for hydroxylation is 1. The maximum Gasteiger partial charge on any atom is 0.417 e. The lowest BCUT2D eigenvalue weighted by Gasteiger charge is -2.01. The quantitative estimate of drug-likeness (QED) is 0.784. The summed E-state index contributed by atoms with van der Waals surface area (Å²) in [6.45, 7) is 3.82. The van der Waals surface area contributed by atoms with E-state index in [9.17, 15) is 4.79 Å². The number of hydrogen-bond acceptors (Lipinski definition) is 2. The van der Waals surface area contributed by atoms with Crippen molar-refractivity contribution < 1.29 is 4.42 Å². The summed E-state index contributed by atoms with van der Waals surface area (Å²) >= 11 is 0. The summed E-state index contributed by atoms with van der Waals surface area (Å²) in [5.74, 6) is -0.375. The second-order valence-corrected chi connectivity index (χ2v) is 3.97. The fourth-order valence-electron chi connectivity index (χ4n) is 1.90. The Hall–Kier alpha value is -1.51. The van der Waals surface area contributed by atoms with Crippen LogP contribution in [0.5, 0.6) is 0 Å². The first kappa shape index (κ1) is 11.0. The minimum Gasteiger partial charge on any atom is -0.408 e. The van der Waals surface area contributed by atoms with Gasteiger partial charge in [-0.15, -0.1) is 0 Å². The van der Waals surface area contributed by atoms with Crippen molar-refractivity contribution in [1.29, 1.82) is 0 Å². The molecule has 1 heterocycles. The van der Waals surface area contributed by atoms with Crippen LogP contribution in [0.15, 0.2) is 27.4 Å². The van der Waals surface area contributed by atoms with Gasteiger partial charge in [0.2, 0.25) is 0 Å². The number of para-hydroxylation sites is 1. The number of benzene rings is 1.